The van der Waals surface area contributed by atoms with Crippen molar-refractivity contribution in [2.24, 2.45) is 5.92 Å². The van der Waals surface area contributed by atoms with Crippen LogP contribution in [0.15, 0.2) is 30.3 Å². The van der Waals surface area contributed by atoms with E-state index in [0.29, 0.717) is 6.54 Å². The van der Waals surface area contributed by atoms with Crippen LogP contribution >= 0.6 is 0 Å². The number of benzene rings is 1. The molecule has 1 unspecified atom stereocenters. The Morgan fingerprint density at radius 3 is 2.92 bits per heavy atom. The molecule has 5 heteroatoms. The van der Waals surface area contributed by atoms with Crippen molar-refractivity contribution in [2.45, 2.75) is 33.2 Å². The number of piperidine rings is 1. The minimum absolute atomic E-state index is 0.677. The average molecular weight is 326 g/mol. The SMILES string of the molecule is COc1ccccc1CNc1cc(N2CCCC(C)C2)nc(C)n1. The predicted molar refractivity (Wildman–Crippen MR) is 97.7 cm³/mol. The summed E-state index contributed by atoms with van der Waals surface area (Å²) in [7, 11) is 1.70. The Bertz CT molecular complexity index is 689. The Hall–Kier alpha value is -2.30. The molecule has 1 aliphatic heterocycles. The van der Waals surface area contributed by atoms with Gasteiger partial charge in [0.1, 0.15) is 23.2 Å². The van der Waals surface area contributed by atoms with E-state index in [4.69, 9.17) is 4.74 Å². The molecule has 1 aromatic carbocycles. The smallest absolute Gasteiger partial charge is 0.134 e. The van der Waals surface area contributed by atoms with Crippen LogP contribution in [0.2, 0.25) is 0 Å². The lowest BCUT2D eigenvalue weighted by atomic mass is 10.0. The fourth-order valence-electron chi connectivity index (χ4n) is 3.24. The van der Waals surface area contributed by atoms with Gasteiger partial charge in [-0.05, 0) is 31.7 Å². The van der Waals surface area contributed by atoms with Crippen molar-refractivity contribution in [1.82, 2.24) is 9.97 Å². The van der Waals surface area contributed by atoms with Crippen molar-refractivity contribution >= 4 is 11.6 Å². The quantitative estimate of drug-likeness (QED) is 0.909. The fraction of sp³-hybridized carbons (Fsp3) is 0.474. The van der Waals surface area contributed by atoms with Gasteiger partial charge in [0, 0.05) is 31.3 Å². The van der Waals surface area contributed by atoms with E-state index < -0.39 is 0 Å². The molecular formula is C19H26N4O. The highest BCUT2D eigenvalue weighted by Gasteiger charge is 2.18. The highest BCUT2D eigenvalue weighted by molar-refractivity contribution is 5.50. The van der Waals surface area contributed by atoms with E-state index in [1.807, 2.05) is 25.1 Å². The zero-order valence-corrected chi connectivity index (χ0v) is 14.7. The van der Waals surface area contributed by atoms with Gasteiger partial charge in [0.15, 0.2) is 0 Å². The van der Waals surface area contributed by atoms with Gasteiger partial charge in [-0.1, -0.05) is 25.1 Å². The summed E-state index contributed by atoms with van der Waals surface area (Å²) in [6, 6.07) is 10.1. The Labute approximate surface area is 144 Å². The number of methoxy groups -OCH3 is 1. The first-order valence-corrected chi connectivity index (χ1v) is 8.62. The van der Waals surface area contributed by atoms with Gasteiger partial charge in [0.2, 0.25) is 0 Å². The van der Waals surface area contributed by atoms with E-state index in [0.717, 1.165) is 47.8 Å². The van der Waals surface area contributed by atoms with Gasteiger partial charge in [0.05, 0.1) is 7.11 Å². The van der Waals surface area contributed by atoms with E-state index in [1.165, 1.54) is 12.8 Å². The number of aromatic nitrogens is 2. The minimum atomic E-state index is 0.677. The summed E-state index contributed by atoms with van der Waals surface area (Å²) in [4.78, 5) is 11.5. The van der Waals surface area contributed by atoms with Crippen LogP contribution < -0.4 is 15.0 Å². The molecule has 1 aromatic heterocycles. The van der Waals surface area contributed by atoms with E-state index in [1.54, 1.807) is 7.11 Å². The molecule has 1 fully saturated rings. The topological polar surface area (TPSA) is 50.3 Å². The van der Waals surface area contributed by atoms with Gasteiger partial charge in [-0.2, -0.15) is 0 Å². The highest BCUT2D eigenvalue weighted by Crippen LogP contribution is 2.24. The summed E-state index contributed by atoms with van der Waals surface area (Å²) < 4.78 is 5.41. The van der Waals surface area contributed by atoms with Gasteiger partial charge < -0.3 is 15.0 Å². The van der Waals surface area contributed by atoms with Crippen LogP contribution in [0.25, 0.3) is 0 Å². The summed E-state index contributed by atoms with van der Waals surface area (Å²) in [5, 5.41) is 3.41. The van der Waals surface area contributed by atoms with Crippen LogP contribution in [0.1, 0.15) is 31.2 Å². The van der Waals surface area contributed by atoms with Crippen LogP contribution in [0, 0.1) is 12.8 Å². The molecule has 1 aliphatic rings. The molecule has 0 spiro atoms. The van der Waals surface area contributed by atoms with Gasteiger partial charge in [-0.3, -0.25) is 0 Å². The molecule has 0 aliphatic carbocycles. The Morgan fingerprint density at radius 2 is 2.12 bits per heavy atom. The summed E-state index contributed by atoms with van der Waals surface area (Å²) in [5.41, 5.74) is 1.12. The molecule has 1 atom stereocenters. The maximum absolute atomic E-state index is 5.41. The molecule has 128 valence electrons. The van der Waals surface area contributed by atoms with Gasteiger partial charge >= 0.3 is 0 Å². The number of hydrogen-bond donors (Lipinski definition) is 1. The Morgan fingerprint density at radius 1 is 1.29 bits per heavy atom. The molecule has 24 heavy (non-hydrogen) atoms. The maximum Gasteiger partial charge on any atom is 0.134 e. The van der Waals surface area contributed by atoms with Crippen molar-refractivity contribution in [3.63, 3.8) is 0 Å². The molecule has 3 rings (SSSR count). The molecule has 0 bridgehead atoms. The molecule has 0 amide bonds. The van der Waals surface area contributed by atoms with Crippen LogP contribution in [0.3, 0.4) is 0 Å². The summed E-state index contributed by atoms with van der Waals surface area (Å²) in [6.07, 6.45) is 2.54. The number of rotatable bonds is 5. The second-order valence-corrected chi connectivity index (χ2v) is 6.52. The molecule has 1 saturated heterocycles. The number of ether oxygens (including phenoxy) is 1. The highest BCUT2D eigenvalue weighted by atomic mass is 16.5. The van der Waals surface area contributed by atoms with Gasteiger partial charge in [-0.25, -0.2) is 9.97 Å². The molecule has 2 heterocycles. The molecule has 5 nitrogen and oxygen atoms in total. The summed E-state index contributed by atoms with van der Waals surface area (Å²) in [5.74, 6) is 4.30. The second kappa shape index (κ2) is 7.51. The molecular weight excluding hydrogens is 300 g/mol. The first-order valence-electron chi connectivity index (χ1n) is 8.62. The number of aryl methyl sites for hydroxylation is 1. The number of hydrogen-bond acceptors (Lipinski definition) is 5. The monoisotopic (exact) mass is 326 g/mol. The third-order valence-electron chi connectivity index (χ3n) is 4.46. The van der Waals surface area contributed by atoms with Crippen molar-refractivity contribution in [2.75, 3.05) is 30.4 Å². The standard InChI is InChI=1S/C19H26N4O/c1-14-7-6-10-23(13-14)19-11-18(21-15(2)22-19)20-12-16-8-4-5-9-17(16)24-3/h4-5,8-9,11,14H,6-7,10,12-13H2,1-3H3,(H,20,21,22). The van der Waals surface area contributed by atoms with Crippen molar-refractivity contribution in [3.05, 3.63) is 41.7 Å². The first kappa shape index (κ1) is 16.6. The van der Waals surface area contributed by atoms with Crippen molar-refractivity contribution in [3.8, 4) is 5.75 Å². The minimum Gasteiger partial charge on any atom is -0.496 e. The summed E-state index contributed by atoms with van der Waals surface area (Å²) >= 11 is 0. The van der Waals surface area contributed by atoms with Gasteiger partial charge in [0.25, 0.3) is 0 Å². The van der Waals surface area contributed by atoms with Crippen LogP contribution in [-0.4, -0.2) is 30.2 Å². The third-order valence-corrected chi connectivity index (χ3v) is 4.46. The fourth-order valence-corrected chi connectivity index (χ4v) is 3.24. The zero-order valence-electron chi connectivity index (χ0n) is 14.7. The van der Waals surface area contributed by atoms with E-state index in [-0.39, 0.29) is 0 Å². The van der Waals surface area contributed by atoms with Crippen molar-refractivity contribution in [1.29, 1.82) is 0 Å². The zero-order chi connectivity index (χ0) is 16.9. The first-order chi connectivity index (χ1) is 11.7. The normalized spacial score (nSPS) is 17.6. The number of nitrogens with one attached hydrogen (secondary N) is 1. The Balaban J connectivity index is 1.74. The van der Waals surface area contributed by atoms with E-state index in [9.17, 15) is 0 Å². The molecule has 0 radical (unpaired) electrons. The largest absolute Gasteiger partial charge is 0.496 e. The second-order valence-electron chi connectivity index (χ2n) is 6.52. The summed E-state index contributed by atoms with van der Waals surface area (Å²) in [6.45, 7) is 7.08. The average Bonchev–Trinajstić information content (AvgIpc) is 2.60. The maximum atomic E-state index is 5.41. The third kappa shape index (κ3) is 3.96. The molecule has 0 saturated carbocycles. The molecule has 2 aromatic rings. The van der Waals surface area contributed by atoms with E-state index in [2.05, 4.69) is 39.2 Å². The van der Waals surface area contributed by atoms with Crippen LogP contribution in [-0.2, 0) is 6.54 Å². The lowest BCUT2D eigenvalue weighted by Crippen LogP contribution is -2.35. The number of para-hydroxylation sites is 1. The van der Waals surface area contributed by atoms with Crippen LogP contribution in [0.4, 0.5) is 11.6 Å². The van der Waals surface area contributed by atoms with Gasteiger partial charge in [-0.15, -0.1) is 0 Å². The predicted octanol–water partition coefficient (Wildman–Crippen LogP) is 3.64. The number of anilines is 2. The lowest BCUT2D eigenvalue weighted by Gasteiger charge is -2.32. The molecule has 1 N–H and O–H groups in total. The Kier molecular flexibility index (Phi) is 5.18. The van der Waals surface area contributed by atoms with Crippen molar-refractivity contribution < 1.29 is 4.74 Å². The number of nitrogens with zero attached hydrogens (tertiary/aromatic N) is 3. The lowest BCUT2D eigenvalue weighted by molar-refractivity contribution is 0.410. The van der Waals surface area contributed by atoms with Crippen LogP contribution in [0.5, 0.6) is 5.75 Å². The van der Waals surface area contributed by atoms with E-state index >= 15 is 0 Å².